The second-order valence-electron chi connectivity index (χ2n) is 33.0. The number of alkyl halides is 6. The summed E-state index contributed by atoms with van der Waals surface area (Å²) in [5.41, 5.74) is 3.59. The monoisotopic (exact) mass is 2270 g/mol. The normalized spacial score (nSPS) is 22.1. The molecule has 8 aliphatic rings. The highest BCUT2D eigenvalue weighted by Gasteiger charge is 2.51. The number of carbonyl (C=O) groups excluding carboxylic acids is 4. The molecule has 12 heterocycles. The number of amidine groups is 4. The van der Waals surface area contributed by atoms with Crippen molar-refractivity contribution in [3.63, 3.8) is 0 Å². The molecule has 146 heavy (non-hydrogen) atoms. The van der Waals surface area contributed by atoms with Gasteiger partial charge in [-0.25, -0.2) is 102 Å². The highest BCUT2D eigenvalue weighted by atomic mass is 79.9. The second-order valence-corrected chi connectivity index (χ2v) is 39.1. The molecule has 4 fully saturated rings. The lowest BCUT2D eigenvalue weighted by molar-refractivity contribution is -0.139. The fraction of sp³-hybridized carbons (Fsp3) is 0.333. The quantitative estimate of drug-likeness (QED) is 0.00840. The van der Waals surface area contributed by atoms with Gasteiger partial charge in [0.2, 0.25) is 0 Å². The lowest BCUT2D eigenvalue weighted by atomic mass is 9.95. The van der Waals surface area contributed by atoms with Crippen LogP contribution in [0.4, 0.5) is 43.9 Å². The summed E-state index contributed by atoms with van der Waals surface area (Å²) < 4.78 is 165. The third-order valence-electron chi connectivity index (χ3n) is 23.1. The van der Waals surface area contributed by atoms with Crippen LogP contribution in [0.2, 0.25) is 10.0 Å². The zero-order chi connectivity index (χ0) is 105. The Morgan fingerprint density at radius 1 is 0.411 bits per heavy atom. The van der Waals surface area contributed by atoms with Gasteiger partial charge in [0.1, 0.15) is 59.8 Å². The molecule has 0 bridgehead atoms. The number of carboxylic acid groups (broad SMARTS) is 4. The van der Waals surface area contributed by atoms with Crippen molar-refractivity contribution < 1.29 is 122 Å². The van der Waals surface area contributed by atoms with Crippen LogP contribution in [0, 0.1) is 35.1 Å². The first kappa shape index (κ1) is 111. The van der Waals surface area contributed by atoms with Crippen LogP contribution in [0.25, 0.3) is 0 Å². The lowest BCUT2D eigenvalue weighted by Gasteiger charge is -2.31. The minimum atomic E-state index is -3.18. The van der Waals surface area contributed by atoms with Gasteiger partial charge in [0.15, 0.2) is 43.4 Å². The molecule has 0 saturated carbocycles. The van der Waals surface area contributed by atoms with E-state index in [1.54, 1.807) is 89.9 Å². The number of rotatable bonds is 32. The standard InChI is InChI=1S/C24H22BrF3N4O4S.C24H23BrF2N4O4S.C24H22ClF3N4O4S.C24H23ClF2N4O4S/c1-2-36-23(35)19-17(11-32-10-13(3-6-18(33)34)24(27,28)12-32)30-21(22-29-7-8-37-22)31-20(19)15-5-4-14(26)9-16(15)25;1-2-35-24(34)20-18(12-31-11-14(27)9-15(31)4-6-19(32)33)29-22(23-28-7-8-36-23)30-21(20)16-5-3-13(26)10-17(16)25;1-2-36-23(35)19-17(11-32-10-13(3-6-18(33)34)24(27,28)12-32)30-21(22-29-7-8-37-22)31-20(19)15-5-4-14(26)9-16(15)25;1-2-35-24(34)20-18(12-31-11-14(27)9-15(31)4-6-19(32)33)29-22(23-28-7-8-36-23)30-21(20)16-5-3-13(26)10-17(16)25/h3-9,13,20H,2,10-12H2,1H3,(H,30,31)(H,33,34);3-8,10,14-15,21H,2,9,11-12H2,1H3,(H,29,30)(H,32,33);3-9,13,20H,2,10-12H2,1H3,(H,30,31)(H,33,34);3-8,10,14-15,21H,2,9,11-12H2,1H3,(H,29,30)(H,32,33)/b6-3+;6-4+;6-3+;6-4+/t13?,20-;14?,15?,21-;13?,20-;14?,15?,21-/m0000/s1. The molecule has 8 aromatic rings. The number of nitrogens with one attached hydrogen (secondary N) is 4. The number of aromatic nitrogens is 4. The van der Waals surface area contributed by atoms with Crippen LogP contribution in [0.1, 0.15) is 107 Å². The van der Waals surface area contributed by atoms with Crippen LogP contribution in [0.15, 0.2) is 242 Å². The van der Waals surface area contributed by atoms with Gasteiger partial charge in [-0.05, 0) is 100 Å². The lowest BCUT2D eigenvalue weighted by Crippen LogP contribution is -2.41. The fourth-order valence-electron chi connectivity index (χ4n) is 16.8. The number of aliphatic imine (C=N–C) groups is 4. The van der Waals surface area contributed by atoms with Crippen molar-refractivity contribution in [2.75, 3.05) is 91.9 Å². The van der Waals surface area contributed by atoms with Crippen molar-refractivity contribution in [1.29, 1.82) is 0 Å². The van der Waals surface area contributed by atoms with Gasteiger partial charge in [-0.2, -0.15) is 0 Å². The molecule has 0 radical (unpaired) electrons. The van der Waals surface area contributed by atoms with Crippen molar-refractivity contribution in [1.82, 2.24) is 60.8 Å². The smallest absolute Gasteiger partial charge is 0.338 e. The molecule has 10 atom stereocenters. The molecule has 0 amide bonds. The van der Waals surface area contributed by atoms with E-state index in [2.05, 4.69) is 83.0 Å². The van der Waals surface area contributed by atoms with Gasteiger partial charge in [-0.1, -0.05) is 104 Å². The minimum Gasteiger partial charge on any atom is -0.478 e. The molecule has 0 aliphatic carbocycles. The van der Waals surface area contributed by atoms with E-state index in [0.29, 0.717) is 98.0 Å². The van der Waals surface area contributed by atoms with E-state index in [4.69, 9.17) is 72.6 Å². The number of likely N-dealkylation sites (tertiary alicyclic amines) is 4. The summed E-state index contributed by atoms with van der Waals surface area (Å²) in [5.74, 6) is -17.2. The molecule has 32 nitrogen and oxygen atoms in total. The predicted octanol–water partition coefficient (Wildman–Crippen LogP) is 16.1. The van der Waals surface area contributed by atoms with Crippen molar-refractivity contribution in [3.05, 3.63) is 297 Å². The largest absolute Gasteiger partial charge is 0.478 e. The number of nitrogens with zero attached hydrogens (tertiary/aromatic N) is 12. The number of hydrogen-bond donors (Lipinski definition) is 8. The molecule has 8 N–H and O–H groups in total. The second kappa shape index (κ2) is 50.4. The number of thiazole rings is 4. The Hall–Kier alpha value is -12.4. The molecule has 16 rings (SSSR count). The van der Waals surface area contributed by atoms with Gasteiger partial charge in [0.05, 0.1) is 73.6 Å². The molecular formula is C96H90Br2Cl2F10N16O16S4. The van der Waals surface area contributed by atoms with E-state index in [1.165, 1.54) is 122 Å². The van der Waals surface area contributed by atoms with Crippen molar-refractivity contribution in [2.24, 2.45) is 31.8 Å². The number of benzene rings is 4. The van der Waals surface area contributed by atoms with Gasteiger partial charge in [0.25, 0.3) is 11.8 Å². The number of halogens is 14. The third-order valence-corrected chi connectivity index (χ3v) is 28.2. The average Bonchev–Trinajstić information content (AvgIpc) is 1.34. The van der Waals surface area contributed by atoms with Crippen LogP contribution in [-0.2, 0) is 57.3 Å². The summed E-state index contributed by atoms with van der Waals surface area (Å²) in [6.07, 6.45) is 12.5. The summed E-state index contributed by atoms with van der Waals surface area (Å²) >= 11 is 24.7. The summed E-state index contributed by atoms with van der Waals surface area (Å²) in [6, 6.07) is 10.9. The Morgan fingerprint density at radius 2 is 0.678 bits per heavy atom. The maximum Gasteiger partial charge on any atom is 0.338 e. The van der Waals surface area contributed by atoms with Gasteiger partial charge < -0.3 is 60.6 Å². The van der Waals surface area contributed by atoms with Gasteiger partial charge >= 0.3 is 47.8 Å². The number of carbonyl (C=O) groups is 8. The van der Waals surface area contributed by atoms with E-state index in [-0.39, 0.29) is 135 Å². The summed E-state index contributed by atoms with van der Waals surface area (Å²) in [7, 11) is 0. The Kier molecular flexibility index (Phi) is 38.2. The van der Waals surface area contributed by atoms with Crippen LogP contribution in [0.3, 0.4) is 0 Å². The number of aliphatic carboxylic acids is 4. The van der Waals surface area contributed by atoms with Crippen molar-refractivity contribution in [3.8, 4) is 0 Å². The fourth-order valence-corrected chi connectivity index (χ4v) is 20.9. The molecule has 8 aliphatic heterocycles. The highest BCUT2D eigenvalue weighted by Crippen LogP contribution is 2.46. The summed E-state index contributed by atoms with van der Waals surface area (Å²) in [5, 5.41) is 57.5. The number of esters is 4. The molecule has 0 spiro atoms. The first-order valence-corrected chi connectivity index (χ1v) is 50.6. The summed E-state index contributed by atoms with van der Waals surface area (Å²) in [6.45, 7) is 5.43. The number of carboxylic acids is 4. The predicted molar refractivity (Wildman–Crippen MR) is 530 cm³/mol. The van der Waals surface area contributed by atoms with Crippen LogP contribution in [0.5, 0.6) is 0 Å². The molecule has 4 aromatic carbocycles. The average molecular weight is 2270 g/mol. The maximum absolute atomic E-state index is 14.7. The van der Waals surface area contributed by atoms with Crippen LogP contribution < -0.4 is 21.3 Å². The Bertz CT molecular complexity index is 6200. The molecule has 4 saturated heterocycles. The van der Waals surface area contributed by atoms with E-state index >= 15 is 0 Å². The van der Waals surface area contributed by atoms with E-state index in [1.807, 2.05) is 0 Å². The zero-order valence-corrected chi connectivity index (χ0v) is 85.2. The van der Waals surface area contributed by atoms with Crippen molar-refractivity contribution in [2.45, 2.75) is 101 Å². The maximum atomic E-state index is 14.7. The number of ether oxygens (including phenoxy) is 4. The zero-order valence-electron chi connectivity index (χ0n) is 77.2. The molecular weight excluding hydrogens is 2180 g/mol. The topological polar surface area (TPSA) is 416 Å². The Balaban J connectivity index is 0.000000163. The first-order valence-electron chi connectivity index (χ1n) is 44.7. The van der Waals surface area contributed by atoms with Gasteiger partial charge in [-0.15, -0.1) is 45.3 Å². The van der Waals surface area contributed by atoms with Crippen LogP contribution >= 0.6 is 100 Å². The SMILES string of the molecule is CCOC(=O)C1=C(CN2CC(/C=C/C(=O)O)C(F)(F)C2)NC(c2nccs2)=N[C@H]1c1ccc(F)cc1Br.CCOC(=O)C1=C(CN2CC(/C=C/C(=O)O)C(F)(F)C2)NC(c2nccs2)=N[C@H]1c1ccc(F)cc1Cl.CCOC(=O)C1=C(CN2CC(F)CC2/C=C/C(=O)O)NC(c2nccs2)=N[C@H]1c1ccc(F)cc1Br.CCOC(=O)C1=C(CN2CC(F)CC2/C=C/C(=O)O)NC(c2nccs2)=N[C@H]1c1ccc(F)cc1Cl. The molecule has 4 aromatic heterocycles. The molecule has 6 unspecified atom stereocenters. The van der Waals surface area contributed by atoms with Gasteiger partial charge in [-0.3, -0.25) is 39.6 Å². The third kappa shape index (κ3) is 28.3. The van der Waals surface area contributed by atoms with E-state index in [0.717, 1.165) is 36.4 Å². The van der Waals surface area contributed by atoms with E-state index in [9.17, 15) is 82.3 Å². The van der Waals surface area contributed by atoms with Crippen LogP contribution in [-0.4, -0.2) is 259 Å². The minimum absolute atomic E-state index is 0.0295. The number of hydrogen-bond acceptors (Lipinski definition) is 32. The summed E-state index contributed by atoms with van der Waals surface area (Å²) in [4.78, 5) is 139. The van der Waals surface area contributed by atoms with Crippen molar-refractivity contribution >= 4 is 172 Å². The highest BCUT2D eigenvalue weighted by molar-refractivity contribution is 9.10. The molecule has 50 heteroatoms. The first-order chi connectivity index (χ1) is 69.7. The Labute approximate surface area is 869 Å². The van der Waals surface area contributed by atoms with E-state index < -0.39 is 156 Å². The Morgan fingerprint density at radius 3 is 0.938 bits per heavy atom. The molecule has 772 valence electrons. The van der Waals surface area contributed by atoms with Gasteiger partial charge in [0, 0.05) is 188 Å².